The van der Waals surface area contributed by atoms with E-state index in [0.717, 1.165) is 5.56 Å². The van der Waals surface area contributed by atoms with Gasteiger partial charge in [0.05, 0.1) is 17.5 Å². The van der Waals surface area contributed by atoms with Gasteiger partial charge in [-0.3, -0.25) is 9.52 Å². The molecule has 0 spiro atoms. The number of amides is 1. The van der Waals surface area contributed by atoms with Crippen molar-refractivity contribution in [2.45, 2.75) is 26.3 Å². The second-order valence-corrected chi connectivity index (χ2v) is 8.28. The number of rotatable bonds is 5. The highest BCUT2D eigenvalue weighted by Crippen LogP contribution is 2.33. The predicted octanol–water partition coefficient (Wildman–Crippen LogP) is 3.28. The fraction of sp³-hybridized carbons (Fsp3) is 0.263. The van der Waals surface area contributed by atoms with Crippen LogP contribution in [0.2, 0.25) is 0 Å². The predicted molar refractivity (Wildman–Crippen MR) is 102 cm³/mol. The summed E-state index contributed by atoms with van der Waals surface area (Å²) in [6.07, 6.45) is 0.447. The fourth-order valence-corrected chi connectivity index (χ4v) is 3.57. The SMILES string of the molecule is CCS(=O)(=O)Nc1ccc(C2=NN(C(C)=O)[C@H](c3cccc(F)c3)C2)cc1. The summed E-state index contributed by atoms with van der Waals surface area (Å²) in [5.74, 6) is -0.603. The minimum atomic E-state index is -3.34. The number of benzene rings is 2. The molecule has 2 aromatic rings. The van der Waals surface area contributed by atoms with E-state index in [1.165, 1.54) is 24.1 Å². The van der Waals surface area contributed by atoms with Gasteiger partial charge < -0.3 is 0 Å². The third-order valence-corrected chi connectivity index (χ3v) is 5.64. The summed E-state index contributed by atoms with van der Waals surface area (Å²) in [6.45, 7) is 2.98. The molecule has 0 saturated carbocycles. The van der Waals surface area contributed by atoms with Crippen LogP contribution in [-0.2, 0) is 14.8 Å². The molecule has 1 aliphatic rings. The van der Waals surface area contributed by atoms with Gasteiger partial charge in [0.2, 0.25) is 15.9 Å². The summed E-state index contributed by atoms with van der Waals surface area (Å²) in [6, 6.07) is 12.6. The van der Waals surface area contributed by atoms with Crippen molar-refractivity contribution in [2.75, 3.05) is 10.5 Å². The second kappa shape index (κ2) is 7.48. The number of halogens is 1. The van der Waals surface area contributed by atoms with Crippen LogP contribution in [0.5, 0.6) is 0 Å². The van der Waals surface area contributed by atoms with Crippen molar-refractivity contribution in [3.05, 3.63) is 65.5 Å². The van der Waals surface area contributed by atoms with Gasteiger partial charge in [-0.2, -0.15) is 5.10 Å². The molecule has 142 valence electrons. The maximum atomic E-state index is 13.6. The molecule has 0 aliphatic carbocycles. The first-order valence-electron chi connectivity index (χ1n) is 8.52. The highest BCUT2D eigenvalue weighted by Gasteiger charge is 2.31. The first kappa shape index (κ1) is 19.0. The van der Waals surface area contributed by atoms with Crippen LogP contribution >= 0.6 is 0 Å². The van der Waals surface area contributed by atoms with Gasteiger partial charge in [0.15, 0.2) is 0 Å². The monoisotopic (exact) mass is 389 g/mol. The Morgan fingerprint density at radius 3 is 2.56 bits per heavy atom. The van der Waals surface area contributed by atoms with E-state index in [9.17, 15) is 17.6 Å². The normalized spacial score (nSPS) is 16.9. The molecule has 0 aromatic heterocycles. The lowest BCUT2D eigenvalue weighted by Crippen LogP contribution is -2.24. The Hall–Kier alpha value is -2.74. The summed E-state index contributed by atoms with van der Waals surface area (Å²) in [5, 5.41) is 5.76. The molecule has 1 heterocycles. The lowest BCUT2D eigenvalue weighted by atomic mass is 9.98. The van der Waals surface area contributed by atoms with Gasteiger partial charge in [-0.25, -0.2) is 17.8 Å². The third kappa shape index (κ3) is 4.33. The molecular weight excluding hydrogens is 369 g/mol. The van der Waals surface area contributed by atoms with Crippen molar-refractivity contribution in [3.63, 3.8) is 0 Å². The first-order valence-corrected chi connectivity index (χ1v) is 10.2. The average molecular weight is 389 g/mol. The molecule has 1 atom stereocenters. The molecule has 0 fully saturated rings. The molecule has 0 radical (unpaired) electrons. The number of nitrogens with zero attached hydrogens (tertiary/aromatic N) is 2. The molecule has 0 bridgehead atoms. The van der Waals surface area contributed by atoms with E-state index in [2.05, 4.69) is 9.82 Å². The molecule has 0 unspecified atom stereocenters. The third-order valence-electron chi connectivity index (χ3n) is 4.34. The van der Waals surface area contributed by atoms with Gasteiger partial charge in [-0.05, 0) is 42.3 Å². The van der Waals surface area contributed by atoms with Crippen LogP contribution in [0, 0.1) is 5.82 Å². The van der Waals surface area contributed by atoms with Gasteiger partial charge in [-0.15, -0.1) is 0 Å². The van der Waals surface area contributed by atoms with Crippen LogP contribution in [0.1, 0.15) is 37.4 Å². The van der Waals surface area contributed by atoms with E-state index in [4.69, 9.17) is 0 Å². The fourth-order valence-electron chi connectivity index (χ4n) is 2.93. The van der Waals surface area contributed by atoms with Gasteiger partial charge in [0.25, 0.3) is 0 Å². The van der Waals surface area contributed by atoms with Crippen LogP contribution in [0.4, 0.5) is 10.1 Å². The number of anilines is 1. The van der Waals surface area contributed by atoms with Gasteiger partial charge in [-0.1, -0.05) is 24.3 Å². The average Bonchev–Trinajstić information content (AvgIpc) is 3.08. The van der Waals surface area contributed by atoms with Gasteiger partial charge in [0, 0.05) is 19.0 Å². The highest BCUT2D eigenvalue weighted by atomic mass is 32.2. The molecule has 3 rings (SSSR count). The molecule has 0 saturated heterocycles. The number of sulfonamides is 1. The smallest absolute Gasteiger partial charge is 0.240 e. The molecule has 1 aliphatic heterocycles. The van der Waals surface area contributed by atoms with Crippen LogP contribution in [0.3, 0.4) is 0 Å². The molecular formula is C19H20FN3O3S. The van der Waals surface area contributed by atoms with Crippen molar-refractivity contribution < 1.29 is 17.6 Å². The van der Waals surface area contributed by atoms with E-state index in [-0.39, 0.29) is 23.5 Å². The Morgan fingerprint density at radius 1 is 1.26 bits per heavy atom. The van der Waals surface area contributed by atoms with Crippen LogP contribution in [-0.4, -0.2) is 30.8 Å². The van der Waals surface area contributed by atoms with Crippen molar-refractivity contribution in [2.24, 2.45) is 5.10 Å². The minimum absolute atomic E-state index is 0.00958. The molecule has 2 aromatic carbocycles. The number of hydrogen-bond donors (Lipinski definition) is 1. The van der Waals surface area contributed by atoms with E-state index in [1.54, 1.807) is 43.3 Å². The standard InChI is InChI=1S/C19H20FN3O3S/c1-3-27(25,26)22-17-9-7-14(8-10-17)18-12-19(23(21-18)13(2)24)15-5-4-6-16(20)11-15/h4-11,19,22H,3,12H2,1-2H3/t19-/m0/s1. The van der Waals surface area contributed by atoms with Crippen molar-refractivity contribution in [1.29, 1.82) is 0 Å². The Kier molecular flexibility index (Phi) is 5.27. The molecule has 27 heavy (non-hydrogen) atoms. The first-order chi connectivity index (χ1) is 12.8. The van der Waals surface area contributed by atoms with E-state index < -0.39 is 10.0 Å². The maximum absolute atomic E-state index is 13.6. The summed E-state index contributed by atoms with van der Waals surface area (Å²) in [7, 11) is -3.34. The Balaban J connectivity index is 1.84. The number of carbonyl (C=O) groups excluding carboxylic acids is 1. The zero-order valence-corrected chi connectivity index (χ0v) is 15.8. The quantitative estimate of drug-likeness (QED) is 0.852. The molecule has 8 heteroatoms. The minimum Gasteiger partial charge on any atom is -0.284 e. The number of hydrogen-bond acceptors (Lipinski definition) is 4. The molecule has 1 amide bonds. The van der Waals surface area contributed by atoms with Gasteiger partial charge in [0.1, 0.15) is 5.82 Å². The van der Waals surface area contributed by atoms with E-state index in [1.807, 2.05) is 0 Å². The van der Waals surface area contributed by atoms with Crippen molar-refractivity contribution in [3.8, 4) is 0 Å². The van der Waals surface area contributed by atoms with E-state index >= 15 is 0 Å². The van der Waals surface area contributed by atoms with E-state index in [0.29, 0.717) is 23.4 Å². The van der Waals surface area contributed by atoms with Crippen LogP contribution in [0.15, 0.2) is 53.6 Å². The largest absolute Gasteiger partial charge is 0.284 e. The summed E-state index contributed by atoms with van der Waals surface area (Å²) in [4.78, 5) is 12.0. The Morgan fingerprint density at radius 2 is 1.96 bits per heavy atom. The lowest BCUT2D eigenvalue weighted by molar-refractivity contribution is -0.130. The second-order valence-electron chi connectivity index (χ2n) is 6.27. The molecule has 6 nitrogen and oxygen atoms in total. The van der Waals surface area contributed by atoms with Crippen molar-refractivity contribution in [1.82, 2.24) is 5.01 Å². The van der Waals surface area contributed by atoms with Crippen molar-refractivity contribution >= 4 is 27.3 Å². The highest BCUT2D eigenvalue weighted by molar-refractivity contribution is 7.92. The Labute approximate surface area is 157 Å². The number of nitrogens with one attached hydrogen (secondary N) is 1. The number of hydrazone groups is 1. The summed E-state index contributed by atoms with van der Waals surface area (Å²) >= 11 is 0. The topological polar surface area (TPSA) is 78.8 Å². The zero-order valence-electron chi connectivity index (χ0n) is 15.0. The Bertz CT molecular complexity index is 988. The lowest BCUT2D eigenvalue weighted by Gasteiger charge is -2.20. The summed E-state index contributed by atoms with van der Waals surface area (Å²) < 4.78 is 39.4. The molecule has 1 N–H and O–H groups in total. The van der Waals surface area contributed by atoms with Crippen LogP contribution < -0.4 is 4.72 Å². The van der Waals surface area contributed by atoms with Gasteiger partial charge >= 0.3 is 0 Å². The zero-order chi connectivity index (χ0) is 19.6. The van der Waals surface area contributed by atoms with Crippen LogP contribution in [0.25, 0.3) is 0 Å². The maximum Gasteiger partial charge on any atom is 0.240 e. The number of carbonyl (C=O) groups is 1. The summed E-state index contributed by atoms with van der Waals surface area (Å²) in [5.41, 5.74) is 2.60.